The number of nitrogens with zero attached hydrogens (tertiary/aromatic N) is 2. The Kier molecular flexibility index (Phi) is 6.37. The zero-order chi connectivity index (χ0) is 15.1. The minimum Gasteiger partial charge on any atom is -0.395 e. The number of anilines is 1. The van der Waals surface area contributed by atoms with Crippen LogP contribution in [0.1, 0.15) is 6.92 Å². The molecule has 0 aromatic heterocycles. The molecule has 2 N–H and O–H groups in total. The van der Waals surface area contributed by atoms with E-state index in [0.29, 0.717) is 13.1 Å². The molecule has 0 unspecified atom stereocenters. The molecule has 0 spiro atoms. The molecule has 1 aromatic carbocycles. The first-order valence-corrected chi connectivity index (χ1v) is 6.42. The summed E-state index contributed by atoms with van der Waals surface area (Å²) in [5.74, 6) is -0.384. The highest BCUT2D eigenvalue weighted by Crippen LogP contribution is 2.27. The summed E-state index contributed by atoms with van der Waals surface area (Å²) in [5.41, 5.74) is -0.152. The van der Waals surface area contributed by atoms with Crippen molar-refractivity contribution in [3.63, 3.8) is 0 Å². The van der Waals surface area contributed by atoms with Crippen LogP contribution in [0.15, 0.2) is 18.2 Å². The number of carbonyl (C=O) groups is 1. The molecule has 1 amide bonds. The van der Waals surface area contributed by atoms with E-state index in [-0.39, 0.29) is 35.5 Å². The Balaban J connectivity index is 2.77. The monoisotopic (exact) mass is 301 g/mol. The third-order valence-corrected chi connectivity index (χ3v) is 2.90. The Morgan fingerprint density at radius 1 is 1.55 bits per heavy atom. The van der Waals surface area contributed by atoms with E-state index >= 15 is 0 Å². The van der Waals surface area contributed by atoms with Gasteiger partial charge in [-0.05, 0) is 18.7 Å². The maximum atomic E-state index is 11.8. The quantitative estimate of drug-likeness (QED) is 0.588. The zero-order valence-corrected chi connectivity index (χ0v) is 11.8. The number of aliphatic hydroxyl groups excluding tert-OH is 1. The van der Waals surface area contributed by atoms with E-state index in [1.807, 2.05) is 6.92 Å². The Hall–Kier alpha value is -1.70. The summed E-state index contributed by atoms with van der Waals surface area (Å²) in [6.45, 7) is 2.82. The van der Waals surface area contributed by atoms with Gasteiger partial charge >= 0.3 is 0 Å². The lowest BCUT2D eigenvalue weighted by Crippen LogP contribution is -2.35. The third kappa shape index (κ3) is 4.76. The SMILES string of the molecule is CCN(CCO)CC(=O)Nc1ccc(Cl)cc1[N+](=O)[O-]. The molecule has 0 saturated carbocycles. The van der Waals surface area contributed by atoms with Crippen molar-refractivity contribution in [1.82, 2.24) is 4.90 Å². The van der Waals surface area contributed by atoms with Gasteiger partial charge in [-0.3, -0.25) is 19.8 Å². The van der Waals surface area contributed by atoms with Crippen molar-refractivity contribution in [2.75, 3.05) is 31.6 Å². The van der Waals surface area contributed by atoms with E-state index in [0.717, 1.165) is 0 Å². The number of hydrogen-bond donors (Lipinski definition) is 2. The normalized spacial score (nSPS) is 10.6. The number of amides is 1. The van der Waals surface area contributed by atoms with Gasteiger partial charge in [0.2, 0.25) is 5.91 Å². The van der Waals surface area contributed by atoms with Crippen LogP contribution >= 0.6 is 11.6 Å². The summed E-state index contributed by atoms with van der Waals surface area (Å²) < 4.78 is 0. The molecular formula is C12H16ClN3O4. The second-order valence-electron chi connectivity index (χ2n) is 4.06. The van der Waals surface area contributed by atoms with E-state index in [1.54, 1.807) is 4.90 Å². The van der Waals surface area contributed by atoms with Crippen LogP contribution in [0.4, 0.5) is 11.4 Å². The second kappa shape index (κ2) is 7.78. The summed E-state index contributed by atoms with van der Waals surface area (Å²) in [6, 6.07) is 4.04. The van der Waals surface area contributed by atoms with Crippen LogP contribution in [0.2, 0.25) is 5.02 Å². The van der Waals surface area contributed by atoms with Gasteiger partial charge in [-0.25, -0.2) is 0 Å². The van der Waals surface area contributed by atoms with E-state index in [2.05, 4.69) is 5.32 Å². The molecule has 0 aliphatic heterocycles. The Labute approximate surface area is 121 Å². The van der Waals surface area contributed by atoms with Gasteiger partial charge in [0.15, 0.2) is 0 Å². The number of likely N-dealkylation sites (N-methyl/N-ethyl adjacent to an activating group) is 1. The van der Waals surface area contributed by atoms with Crippen LogP contribution in [0.5, 0.6) is 0 Å². The maximum absolute atomic E-state index is 11.8. The molecule has 1 rings (SSSR count). The van der Waals surface area contributed by atoms with Crippen LogP contribution in [0.25, 0.3) is 0 Å². The lowest BCUT2D eigenvalue weighted by atomic mass is 10.2. The Bertz CT molecular complexity index is 496. The summed E-state index contributed by atoms with van der Waals surface area (Å²) >= 11 is 5.69. The van der Waals surface area contributed by atoms with Gasteiger partial charge in [0.1, 0.15) is 5.69 Å². The number of halogens is 1. The summed E-state index contributed by atoms with van der Waals surface area (Å²) in [7, 11) is 0. The van der Waals surface area contributed by atoms with E-state index in [4.69, 9.17) is 16.7 Å². The highest BCUT2D eigenvalue weighted by molar-refractivity contribution is 6.31. The number of nitro groups is 1. The number of rotatable bonds is 7. The minimum atomic E-state index is -0.604. The van der Waals surface area contributed by atoms with Crippen molar-refractivity contribution in [1.29, 1.82) is 0 Å². The molecule has 0 atom stereocenters. The zero-order valence-electron chi connectivity index (χ0n) is 11.0. The summed E-state index contributed by atoms with van der Waals surface area (Å²) in [6.07, 6.45) is 0. The molecule has 1 aromatic rings. The number of nitrogens with one attached hydrogen (secondary N) is 1. The summed E-state index contributed by atoms with van der Waals surface area (Å²) in [5, 5.41) is 22.4. The lowest BCUT2D eigenvalue weighted by molar-refractivity contribution is -0.383. The van der Waals surface area contributed by atoms with Gasteiger partial charge in [0, 0.05) is 17.6 Å². The number of hydrogen-bond acceptors (Lipinski definition) is 5. The van der Waals surface area contributed by atoms with Gasteiger partial charge in [0.05, 0.1) is 18.1 Å². The van der Waals surface area contributed by atoms with Crippen molar-refractivity contribution in [2.45, 2.75) is 6.92 Å². The van der Waals surface area contributed by atoms with Gasteiger partial charge < -0.3 is 10.4 Å². The van der Waals surface area contributed by atoms with Gasteiger partial charge in [-0.15, -0.1) is 0 Å². The van der Waals surface area contributed by atoms with Crippen molar-refractivity contribution < 1.29 is 14.8 Å². The largest absolute Gasteiger partial charge is 0.395 e. The molecule has 20 heavy (non-hydrogen) atoms. The molecule has 7 nitrogen and oxygen atoms in total. The van der Waals surface area contributed by atoms with Crippen LogP contribution in [-0.4, -0.2) is 47.1 Å². The second-order valence-corrected chi connectivity index (χ2v) is 4.50. The van der Waals surface area contributed by atoms with Crippen molar-refractivity contribution >= 4 is 28.9 Å². The number of aliphatic hydroxyl groups is 1. The number of benzene rings is 1. The molecule has 0 aliphatic rings. The van der Waals surface area contributed by atoms with E-state index < -0.39 is 4.92 Å². The van der Waals surface area contributed by atoms with Gasteiger partial charge in [-0.1, -0.05) is 18.5 Å². The van der Waals surface area contributed by atoms with Crippen LogP contribution < -0.4 is 5.32 Å². The van der Waals surface area contributed by atoms with Crippen LogP contribution in [-0.2, 0) is 4.79 Å². The predicted octanol–water partition coefficient (Wildman–Crippen LogP) is 1.50. The van der Waals surface area contributed by atoms with Gasteiger partial charge in [-0.2, -0.15) is 0 Å². The topological polar surface area (TPSA) is 95.7 Å². The first-order chi connectivity index (χ1) is 9.47. The van der Waals surface area contributed by atoms with Crippen molar-refractivity contribution in [3.8, 4) is 0 Å². The van der Waals surface area contributed by atoms with Crippen LogP contribution in [0.3, 0.4) is 0 Å². The average Bonchev–Trinajstić information content (AvgIpc) is 2.40. The van der Waals surface area contributed by atoms with Gasteiger partial charge in [0.25, 0.3) is 5.69 Å². The molecule has 0 radical (unpaired) electrons. The Morgan fingerprint density at radius 3 is 2.80 bits per heavy atom. The predicted molar refractivity (Wildman–Crippen MR) is 75.9 cm³/mol. The molecule has 0 saturated heterocycles. The third-order valence-electron chi connectivity index (χ3n) is 2.66. The molecule has 8 heteroatoms. The smallest absolute Gasteiger partial charge is 0.294 e. The van der Waals surface area contributed by atoms with E-state index in [9.17, 15) is 14.9 Å². The first kappa shape index (κ1) is 16.4. The molecule has 0 bridgehead atoms. The van der Waals surface area contributed by atoms with Crippen LogP contribution in [0, 0.1) is 10.1 Å². The summed E-state index contributed by atoms with van der Waals surface area (Å²) in [4.78, 5) is 23.8. The molecule has 0 aliphatic carbocycles. The highest BCUT2D eigenvalue weighted by atomic mass is 35.5. The first-order valence-electron chi connectivity index (χ1n) is 6.05. The minimum absolute atomic E-state index is 0.0524. The van der Waals surface area contributed by atoms with Crippen molar-refractivity contribution in [3.05, 3.63) is 33.3 Å². The lowest BCUT2D eigenvalue weighted by Gasteiger charge is -2.18. The average molecular weight is 302 g/mol. The Morgan fingerprint density at radius 2 is 2.25 bits per heavy atom. The number of nitro benzene ring substituents is 1. The number of carbonyl (C=O) groups excluding carboxylic acids is 1. The fraction of sp³-hybridized carbons (Fsp3) is 0.417. The standard InChI is InChI=1S/C12H16ClN3O4/c1-2-15(5-6-17)8-12(18)14-10-4-3-9(13)7-11(10)16(19)20/h3-4,7,17H,2,5-6,8H2,1H3,(H,14,18). The fourth-order valence-electron chi connectivity index (χ4n) is 1.64. The van der Waals surface area contributed by atoms with E-state index in [1.165, 1.54) is 18.2 Å². The maximum Gasteiger partial charge on any atom is 0.294 e. The molecule has 0 heterocycles. The molecule has 110 valence electrons. The highest BCUT2D eigenvalue weighted by Gasteiger charge is 2.17. The fourth-order valence-corrected chi connectivity index (χ4v) is 1.81. The van der Waals surface area contributed by atoms with Crippen molar-refractivity contribution in [2.24, 2.45) is 0 Å². The molecular weight excluding hydrogens is 286 g/mol. The molecule has 0 fully saturated rings.